The van der Waals surface area contributed by atoms with Crippen molar-refractivity contribution in [2.45, 2.75) is 25.3 Å². The van der Waals surface area contributed by atoms with Crippen LogP contribution in [0.4, 0.5) is 5.69 Å². The van der Waals surface area contributed by atoms with Crippen LogP contribution in [0.25, 0.3) is 0 Å². The highest BCUT2D eigenvalue weighted by atomic mass is 16.5. The molecule has 1 aliphatic rings. The molecule has 2 heterocycles. The van der Waals surface area contributed by atoms with E-state index in [2.05, 4.69) is 15.2 Å². The number of anilines is 1. The van der Waals surface area contributed by atoms with Crippen LogP contribution in [0.5, 0.6) is 11.5 Å². The van der Waals surface area contributed by atoms with Crippen LogP contribution >= 0.6 is 0 Å². The first kappa shape index (κ1) is 15.5. The minimum Gasteiger partial charge on any atom is -0.456 e. The maximum Gasteiger partial charge on any atom is 0.241 e. The average Bonchev–Trinajstić information content (AvgIpc) is 2.58. The SMILES string of the molecule is CN1CCCCC1C(=O)Nc1ccc(Oc2cccnc2)cc1. The van der Waals surface area contributed by atoms with E-state index in [9.17, 15) is 4.79 Å². The molecule has 5 nitrogen and oxygen atoms in total. The third-order valence-corrected chi connectivity index (χ3v) is 4.07. The van der Waals surface area contributed by atoms with Crippen molar-refractivity contribution in [3.63, 3.8) is 0 Å². The Kier molecular flexibility index (Phi) is 4.88. The van der Waals surface area contributed by atoms with Crippen LogP contribution in [-0.4, -0.2) is 35.4 Å². The van der Waals surface area contributed by atoms with Crippen molar-refractivity contribution in [1.82, 2.24) is 9.88 Å². The van der Waals surface area contributed by atoms with Crippen molar-refractivity contribution in [2.24, 2.45) is 0 Å². The second-order valence-corrected chi connectivity index (χ2v) is 5.80. The summed E-state index contributed by atoms with van der Waals surface area (Å²) < 4.78 is 5.69. The number of carbonyl (C=O) groups excluding carboxylic acids is 1. The van der Waals surface area contributed by atoms with E-state index >= 15 is 0 Å². The molecular formula is C18H21N3O2. The van der Waals surface area contributed by atoms with E-state index in [4.69, 9.17) is 4.74 Å². The molecule has 0 saturated carbocycles. The Hall–Kier alpha value is -2.40. The number of benzene rings is 1. The lowest BCUT2D eigenvalue weighted by atomic mass is 10.0. The zero-order chi connectivity index (χ0) is 16.1. The zero-order valence-corrected chi connectivity index (χ0v) is 13.2. The van der Waals surface area contributed by atoms with Crippen LogP contribution < -0.4 is 10.1 Å². The van der Waals surface area contributed by atoms with E-state index in [1.807, 2.05) is 43.4 Å². The fourth-order valence-electron chi connectivity index (χ4n) is 2.78. The summed E-state index contributed by atoms with van der Waals surface area (Å²) in [6.07, 6.45) is 6.56. The molecule has 5 heteroatoms. The number of aromatic nitrogens is 1. The minimum absolute atomic E-state index is 0.0323. The van der Waals surface area contributed by atoms with Crippen LogP contribution in [0, 0.1) is 0 Å². The molecule has 1 amide bonds. The third kappa shape index (κ3) is 4.07. The molecule has 1 saturated heterocycles. The van der Waals surface area contributed by atoms with Gasteiger partial charge in [0, 0.05) is 11.9 Å². The molecule has 1 aromatic carbocycles. The van der Waals surface area contributed by atoms with Crippen LogP contribution in [0.15, 0.2) is 48.8 Å². The number of hydrogen-bond acceptors (Lipinski definition) is 4. The Balaban J connectivity index is 1.60. The largest absolute Gasteiger partial charge is 0.456 e. The number of likely N-dealkylation sites (tertiary alicyclic amines) is 1. The van der Waals surface area contributed by atoms with Crippen molar-refractivity contribution in [2.75, 3.05) is 18.9 Å². The third-order valence-electron chi connectivity index (χ3n) is 4.07. The van der Waals surface area contributed by atoms with E-state index in [-0.39, 0.29) is 11.9 Å². The fourth-order valence-corrected chi connectivity index (χ4v) is 2.78. The summed E-state index contributed by atoms with van der Waals surface area (Å²) in [5.74, 6) is 1.46. The van der Waals surface area contributed by atoms with E-state index in [0.29, 0.717) is 11.5 Å². The summed E-state index contributed by atoms with van der Waals surface area (Å²) in [5.41, 5.74) is 0.785. The number of pyridine rings is 1. The molecular weight excluding hydrogens is 290 g/mol. The Bertz CT molecular complexity index is 643. The van der Waals surface area contributed by atoms with Crippen LogP contribution in [0.3, 0.4) is 0 Å². The van der Waals surface area contributed by atoms with Gasteiger partial charge in [0.2, 0.25) is 5.91 Å². The highest BCUT2D eigenvalue weighted by Crippen LogP contribution is 2.23. The van der Waals surface area contributed by atoms with Crippen molar-refractivity contribution < 1.29 is 9.53 Å². The van der Waals surface area contributed by atoms with Gasteiger partial charge in [-0.15, -0.1) is 0 Å². The van der Waals surface area contributed by atoms with Gasteiger partial charge in [0.1, 0.15) is 11.5 Å². The Morgan fingerprint density at radius 1 is 1.22 bits per heavy atom. The predicted octanol–water partition coefficient (Wildman–Crippen LogP) is 3.30. The molecule has 1 aromatic heterocycles. The number of hydrogen-bond donors (Lipinski definition) is 1. The van der Waals surface area contributed by atoms with Gasteiger partial charge in [0.25, 0.3) is 0 Å². The van der Waals surface area contributed by atoms with Crippen LogP contribution in [0.2, 0.25) is 0 Å². The van der Waals surface area contributed by atoms with E-state index < -0.39 is 0 Å². The number of likely N-dealkylation sites (N-methyl/N-ethyl adjacent to an activating group) is 1. The second kappa shape index (κ2) is 7.24. The molecule has 1 fully saturated rings. The molecule has 1 unspecified atom stereocenters. The van der Waals surface area contributed by atoms with Gasteiger partial charge in [-0.05, 0) is 62.8 Å². The molecule has 23 heavy (non-hydrogen) atoms. The Labute approximate surface area is 136 Å². The maximum absolute atomic E-state index is 12.4. The van der Waals surface area contributed by atoms with Crippen molar-refractivity contribution in [1.29, 1.82) is 0 Å². The highest BCUT2D eigenvalue weighted by molar-refractivity contribution is 5.94. The molecule has 2 aromatic rings. The number of amides is 1. The second-order valence-electron chi connectivity index (χ2n) is 5.80. The smallest absolute Gasteiger partial charge is 0.241 e. The maximum atomic E-state index is 12.4. The molecule has 3 rings (SSSR count). The predicted molar refractivity (Wildman–Crippen MR) is 89.7 cm³/mol. The number of carbonyl (C=O) groups is 1. The molecule has 1 aliphatic heterocycles. The highest BCUT2D eigenvalue weighted by Gasteiger charge is 2.25. The molecule has 0 bridgehead atoms. The lowest BCUT2D eigenvalue weighted by molar-refractivity contribution is -0.121. The lowest BCUT2D eigenvalue weighted by Gasteiger charge is -2.31. The van der Waals surface area contributed by atoms with Gasteiger partial charge < -0.3 is 10.1 Å². The number of nitrogens with one attached hydrogen (secondary N) is 1. The number of rotatable bonds is 4. The van der Waals surface area contributed by atoms with Gasteiger partial charge in [0.15, 0.2) is 0 Å². The fraction of sp³-hybridized carbons (Fsp3) is 0.333. The van der Waals surface area contributed by atoms with Gasteiger partial charge in [-0.1, -0.05) is 6.42 Å². The number of ether oxygens (including phenoxy) is 1. The monoisotopic (exact) mass is 311 g/mol. The Morgan fingerprint density at radius 3 is 2.74 bits per heavy atom. The summed E-state index contributed by atoms with van der Waals surface area (Å²) in [6.45, 7) is 0.982. The summed E-state index contributed by atoms with van der Waals surface area (Å²) >= 11 is 0. The van der Waals surface area contributed by atoms with Crippen molar-refractivity contribution in [3.8, 4) is 11.5 Å². The Morgan fingerprint density at radius 2 is 2.04 bits per heavy atom. The van der Waals surface area contributed by atoms with Gasteiger partial charge in [-0.2, -0.15) is 0 Å². The molecule has 120 valence electrons. The lowest BCUT2D eigenvalue weighted by Crippen LogP contribution is -2.44. The van der Waals surface area contributed by atoms with Crippen LogP contribution in [-0.2, 0) is 4.79 Å². The standard InChI is InChI=1S/C18H21N3O2/c1-21-12-3-2-6-17(21)18(22)20-14-7-9-15(10-8-14)23-16-5-4-11-19-13-16/h4-5,7-11,13,17H,2-3,6,12H2,1H3,(H,20,22). The molecule has 1 atom stereocenters. The first-order valence-electron chi connectivity index (χ1n) is 7.91. The topological polar surface area (TPSA) is 54.5 Å². The van der Waals surface area contributed by atoms with Crippen LogP contribution in [0.1, 0.15) is 19.3 Å². The normalized spacial score (nSPS) is 18.4. The first-order chi connectivity index (χ1) is 11.2. The van der Waals surface area contributed by atoms with Gasteiger partial charge in [-0.25, -0.2) is 0 Å². The molecule has 0 radical (unpaired) electrons. The summed E-state index contributed by atoms with van der Waals surface area (Å²) in [4.78, 5) is 18.5. The quantitative estimate of drug-likeness (QED) is 0.941. The van der Waals surface area contributed by atoms with E-state index in [1.54, 1.807) is 12.4 Å². The van der Waals surface area contributed by atoms with Gasteiger partial charge >= 0.3 is 0 Å². The molecule has 0 spiro atoms. The average molecular weight is 311 g/mol. The summed E-state index contributed by atoms with van der Waals surface area (Å²) in [5, 5.41) is 2.98. The molecule has 1 N–H and O–H groups in total. The number of nitrogens with zero attached hydrogens (tertiary/aromatic N) is 2. The van der Waals surface area contributed by atoms with Crippen molar-refractivity contribution >= 4 is 11.6 Å². The molecule has 0 aliphatic carbocycles. The zero-order valence-electron chi connectivity index (χ0n) is 13.2. The van der Waals surface area contributed by atoms with E-state index in [0.717, 1.165) is 25.1 Å². The first-order valence-corrected chi connectivity index (χ1v) is 7.91. The number of piperidine rings is 1. The summed E-state index contributed by atoms with van der Waals surface area (Å²) in [6, 6.07) is 11.0. The van der Waals surface area contributed by atoms with Gasteiger partial charge in [-0.3, -0.25) is 14.7 Å². The summed E-state index contributed by atoms with van der Waals surface area (Å²) in [7, 11) is 2.01. The minimum atomic E-state index is -0.0323. The van der Waals surface area contributed by atoms with E-state index in [1.165, 1.54) is 6.42 Å². The van der Waals surface area contributed by atoms with Crippen molar-refractivity contribution in [3.05, 3.63) is 48.8 Å². The van der Waals surface area contributed by atoms with Gasteiger partial charge in [0.05, 0.1) is 12.2 Å².